The minimum atomic E-state index is -0.343. The maximum absolute atomic E-state index is 13.6. The van der Waals surface area contributed by atoms with Gasteiger partial charge in [-0.15, -0.1) is 0 Å². The van der Waals surface area contributed by atoms with Crippen molar-refractivity contribution in [3.63, 3.8) is 0 Å². The first-order valence-corrected chi connectivity index (χ1v) is 9.97. The molecule has 2 aromatic carbocycles. The molecule has 0 radical (unpaired) electrons. The second kappa shape index (κ2) is 8.50. The van der Waals surface area contributed by atoms with Crippen molar-refractivity contribution in [2.45, 2.75) is 6.54 Å². The molecule has 0 aliphatic rings. The molecular weight excluding hydrogens is 407 g/mol. The minimum Gasteiger partial charge on any atom is -0.497 e. The fourth-order valence-electron chi connectivity index (χ4n) is 3.01. The summed E-state index contributed by atoms with van der Waals surface area (Å²) in [7, 11) is 3.06. The summed E-state index contributed by atoms with van der Waals surface area (Å²) in [5.74, 6) is 0.413. The van der Waals surface area contributed by atoms with E-state index in [1.807, 2.05) is 12.3 Å². The molecule has 4 aromatic rings. The number of methoxy groups -OCH3 is 2. The Bertz CT molecular complexity index is 1150. The van der Waals surface area contributed by atoms with Gasteiger partial charge in [-0.25, -0.2) is 9.37 Å². The van der Waals surface area contributed by atoms with Crippen molar-refractivity contribution in [2.75, 3.05) is 25.7 Å². The van der Waals surface area contributed by atoms with Crippen LogP contribution >= 0.6 is 11.3 Å². The molecule has 0 unspecified atom stereocenters. The third kappa shape index (κ3) is 4.11. The molecule has 0 bridgehead atoms. The summed E-state index contributed by atoms with van der Waals surface area (Å²) in [4.78, 5) is 19.6. The van der Waals surface area contributed by atoms with Crippen LogP contribution in [0.5, 0.6) is 11.5 Å². The second-order valence-electron chi connectivity index (χ2n) is 6.44. The SMILES string of the molecule is COc1cc(OC)cc(C(=O)N(CCn2cccn2)c2nc3ccc(F)cc3s2)c1. The largest absolute Gasteiger partial charge is 0.497 e. The number of nitrogens with zero attached hydrogens (tertiary/aromatic N) is 4. The van der Waals surface area contributed by atoms with Gasteiger partial charge in [0.15, 0.2) is 5.13 Å². The number of hydrogen-bond donors (Lipinski definition) is 0. The molecule has 30 heavy (non-hydrogen) atoms. The van der Waals surface area contributed by atoms with Crippen LogP contribution in [0.4, 0.5) is 9.52 Å². The van der Waals surface area contributed by atoms with Crippen molar-refractivity contribution in [1.29, 1.82) is 0 Å². The zero-order chi connectivity index (χ0) is 21.1. The molecule has 2 aromatic heterocycles. The van der Waals surface area contributed by atoms with E-state index in [4.69, 9.17) is 9.47 Å². The van der Waals surface area contributed by atoms with Crippen LogP contribution < -0.4 is 14.4 Å². The number of carbonyl (C=O) groups is 1. The fraction of sp³-hybridized carbons (Fsp3) is 0.190. The highest BCUT2D eigenvalue weighted by Crippen LogP contribution is 2.31. The van der Waals surface area contributed by atoms with Gasteiger partial charge in [0, 0.05) is 30.6 Å². The molecule has 0 spiro atoms. The van der Waals surface area contributed by atoms with Crippen molar-refractivity contribution in [3.05, 3.63) is 66.2 Å². The lowest BCUT2D eigenvalue weighted by Gasteiger charge is -2.20. The zero-order valence-electron chi connectivity index (χ0n) is 16.4. The highest BCUT2D eigenvalue weighted by Gasteiger charge is 2.23. The van der Waals surface area contributed by atoms with E-state index in [1.165, 1.54) is 37.7 Å². The van der Waals surface area contributed by atoms with Crippen LogP contribution in [-0.2, 0) is 6.54 Å². The number of thiazole rings is 1. The Morgan fingerprint density at radius 1 is 1.17 bits per heavy atom. The van der Waals surface area contributed by atoms with Gasteiger partial charge in [-0.3, -0.25) is 14.4 Å². The predicted octanol–water partition coefficient (Wildman–Crippen LogP) is 4.00. The number of ether oxygens (including phenoxy) is 2. The summed E-state index contributed by atoms with van der Waals surface area (Å²) >= 11 is 1.26. The highest BCUT2D eigenvalue weighted by molar-refractivity contribution is 7.22. The van der Waals surface area contributed by atoms with Gasteiger partial charge in [-0.1, -0.05) is 11.3 Å². The van der Waals surface area contributed by atoms with Crippen LogP contribution in [0.1, 0.15) is 10.4 Å². The zero-order valence-corrected chi connectivity index (χ0v) is 17.2. The van der Waals surface area contributed by atoms with Gasteiger partial charge in [0.25, 0.3) is 5.91 Å². The maximum atomic E-state index is 13.6. The summed E-state index contributed by atoms with van der Waals surface area (Å²) < 4.78 is 26.6. The third-order valence-corrected chi connectivity index (χ3v) is 5.57. The molecule has 7 nitrogen and oxygen atoms in total. The standard InChI is InChI=1S/C21H19FN4O3S/c1-28-16-10-14(11-17(13-16)29-2)20(27)26(9-8-25-7-3-6-23-25)21-24-18-5-4-15(22)12-19(18)30-21/h3-7,10-13H,8-9H2,1-2H3. The number of amides is 1. The van der Waals surface area contributed by atoms with E-state index in [-0.39, 0.29) is 11.7 Å². The van der Waals surface area contributed by atoms with E-state index >= 15 is 0 Å². The van der Waals surface area contributed by atoms with Gasteiger partial charge in [0.1, 0.15) is 17.3 Å². The van der Waals surface area contributed by atoms with E-state index in [1.54, 1.807) is 40.0 Å². The Morgan fingerprint density at radius 2 is 1.93 bits per heavy atom. The number of hydrogen-bond acceptors (Lipinski definition) is 6. The van der Waals surface area contributed by atoms with Crippen molar-refractivity contribution in [3.8, 4) is 11.5 Å². The molecule has 0 saturated carbocycles. The normalized spacial score (nSPS) is 10.9. The summed E-state index contributed by atoms with van der Waals surface area (Å²) in [6.07, 6.45) is 3.50. The van der Waals surface area contributed by atoms with Crippen molar-refractivity contribution in [1.82, 2.24) is 14.8 Å². The summed E-state index contributed by atoms with van der Waals surface area (Å²) in [5, 5.41) is 4.68. The van der Waals surface area contributed by atoms with E-state index in [2.05, 4.69) is 10.1 Å². The lowest BCUT2D eigenvalue weighted by molar-refractivity contribution is 0.0985. The van der Waals surface area contributed by atoms with Crippen LogP contribution in [0.3, 0.4) is 0 Å². The maximum Gasteiger partial charge on any atom is 0.260 e. The topological polar surface area (TPSA) is 69.5 Å². The first-order valence-electron chi connectivity index (χ1n) is 9.16. The molecule has 154 valence electrons. The monoisotopic (exact) mass is 426 g/mol. The van der Waals surface area contributed by atoms with Gasteiger partial charge < -0.3 is 9.47 Å². The van der Waals surface area contributed by atoms with E-state index in [0.29, 0.717) is 45.5 Å². The Morgan fingerprint density at radius 3 is 2.60 bits per heavy atom. The number of aromatic nitrogens is 3. The molecule has 2 heterocycles. The Hall–Kier alpha value is -3.46. The van der Waals surface area contributed by atoms with E-state index in [0.717, 1.165) is 0 Å². The van der Waals surface area contributed by atoms with Crippen LogP contribution in [0.2, 0.25) is 0 Å². The second-order valence-corrected chi connectivity index (χ2v) is 7.44. The Kier molecular flexibility index (Phi) is 5.62. The van der Waals surface area contributed by atoms with Crippen LogP contribution in [0.25, 0.3) is 10.2 Å². The minimum absolute atomic E-state index is 0.265. The van der Waals surface area contributed by atoms with E-state index in [9.17, 15) is 9.18 Å². The molecule has 0 atom stereocenters. The predicted molar refractivity (Wildman–Crippen MR) is 113 cm³/mol. The summed E-state index contributed by atoms with van der Waals surface area (Å²) in [6.45, 7) is 0.812. The van der Waals surface area contributed by atoms with Crippen molar-refractivity contribution < 1.29 is 18.7 Å². The van der Waals surface area contributed by atoms with Crippen molar-refractivity contribution >= 4 is 32.6 Å². The van der Waals surface area contributed by atoms with E-state index < -0.39 is 0 Å². The number of halogens is 1. The van der Waals surface area contributed by atoms with Gasteiger partial charge in [0.05, 0.1) is 31.0 Å². The Labute approximate surface area is 176 Å². The van der Waals surface area contributed by atoms with Gasteiger partial charge >= 0.3 is 0 Å². The Balaban J connectivity index is 1.72. The molecule has 0 N–H and O–H groups in total. The average molecular weight is 426 g/mol. The quantitative estimate of drug-likeness (QED) is 0.447. The molecule has 0 saturated heterocycles. The number of rotatable bonds is 7. The molecule has 0 aliphatic heterocycles. The van der Waals surface area contributed by atoms with Gasteiger partial charge in [0.2, 0.25) is 0 Å². The fourth-order valence-corrected chi connectivity index (χ4v) is 4.02. The van der Waals surface area contributed by atoms with Gasteiger partial charge in [-0.05, 0) is 36.4 Å². The summed E-state index contributed by atoms with van der Waals surface area (Å²) in [5.41, 5.74) is 1.04. The molecule has 1 amide bonds. The lowest BCUT2D eigenvalue weighted by Crippen LogP contribution is -2.34. The first-order chi connectivity index (χ1) is 14.6. The molecule has 0 aliphatic carbocycles. The first kappa shape index (κ1) is 19.8. The smallest absolute Gasteiger partial charge is 0.260 e. The van der Waals surface area contributed by atoms with Gasteiger partial charge in [-0.2, -0.15) is 5.10 Å². The molecule has 4 rings (SSSR count). The average Bonchev–Trinajstić information content (AvgIpc) is 3.42. The molecule has 0 fully saturated rings. The van der Waals surface area contributed by atoms with Crippen LogP contribution in [0, 0.1) is 5.82 Å². The lowest BCUT2D eigenvalue weighted by atomic mass is 10.1. The number of anilines is 1. The number of carbonyl (C=O) groups excluding carboxylic acids is 1. The highest BCUT2D eigenvalue weighted by atomic mass is 32.1. The van der Waals surface area contributed by atoms with Crippen LogP contribution in [0.15, 0.2) is 54.9 Å². The summed E-state index contributed by atoms with van der Waals surface area (Å²) in [6, 6.07) is 11.2. The molecule has 9 heteroatoms. The van der Waals surface area contributed by atoms with Crippen molar-refractivity contribution in [2.24, 2.45) is 0 Å². The van der Waals surface area contributed by atoms with Crippen LogP contribution in [-0.4, -0.2) is 41.4 Å². The molecular formula is C21H19FN4O3S. The third-order valence-electron chi connectivity index (χ3n) is 4.53. The number of benzene rings is 2. The number of fused-ring (bicyclic) bond motifs is 1.